The number of esters is 1. The lowest BCUT2D eigenvalue weighted by Gasteiger charge is -2.10. The van der Waals surface area contributed by atoms with Crippen LogP contribution in [0.5, 0.6) is 0 Å². The van der Waals surface area contributed by atoms with Crippen LogP contribution in [0.1, 0.15) is 17.4 Å². The summed E-state index contributed by atoms with van der Waals surface area (Å²) in [6, 6.07) is 3.04. The van der Waals surface area contributed by atoms with Gasteiger partial charge in [-0.1, -0.05) is 34.8 Å². The van der Waals surface area contributed by atoms with E-state index < -0.39 is 5.97 Å². The van der Waals surface area contributed by atoms with Gasteiger partial charge in [0, 0.05) is 5.02 Å². The van der Waals surface area contributed by atoms with Crippen LogP contribution in [0.25, 0.3) is 5.69 Å². The van der Waals surface area contributed by atoms with Gasteiger partial charge in [-0.15, -0.1) is 0 Å². The van der Waals surface area contributed by atoms with Gasteiger partial charge in [0.05, 0.1) is 22.3 Å². The minimum absolute atomic E-state index is 0.00827. The van der Waals surface area contributed by atoms with Gasteiger partial charge in [-0.05, 0) is 19.1 Å². The van der Waals surface area contributed by atoms with Crippen molar-refractivity contribution in [2.24, 2.45) is 0 Å². The summed E-state index contributed by atoms with van der Waals surface area (Å²) in [4.78, 5) is 15.6. The first kappa shape index (κ1) is 15.0. The predicted molar refractivity (Wildman–Crippen MR) is 79.0 cm³/mol. The van der Waals surface area contributed by atoms with Gasteiger partial charge in [0.2, 0.25) is 0 Å². The maximum Gasteiger partial charge on any atom is 0.360 e. The number of benzene rings is 1. The first-order valence-electron chi connectivity index (χ1n) is 5.60. The van der Waals surface area contributed by atoms with Gasteiger partial charge >= 0.3 is 5.97 Å². The van der Waals surface area contributed by atoms with E-state index >= 15 is 0 Å². The highest BCUT2D eigenvalue weighted by atomic mass is 35.5. The van der Waals surface area contributed by atoms with Crippen molar-refractivity contribution in [2.45, 2.75) is 6.92 Å². The van der Waals surface area contributed by atoms with Crippen molar-refractivity contribution in [3.8, 4) is 5.69 Å². The number of hydrogen-bond acceptors (Lipinski definition) is 4. The molecule has 2 rings (SSSR count). The Hall–Kier alpha value is -1.43. The number of halogens is 3. The van der Waals surface area contributed by atoms with Gasteiger partial charge in [-0.25, -0.2) is 9.78 Å². The molecule has 0 aliphatic heterocycles. The van der Waals surface area contributed by atoms with Crippen molar-refractivity contribution in [3.05, 3.63) is 39.2 Å². The maximum atomic E-state index is 11.7. The van der Waals surface area contributed by atoms with Crippen LogP contribution in [-0.2, 0) is 4.74 Å². The molecule has 0 aliphatic carbocycles. The molecule has 8 heteroatoms. The first-order chi connectivity index (χ1) is 9.45. The second-order valence-electron chi connectivity index (χ2n) is 3.79. The van der Waals surface area contributed by atoms with E-state index in [1.165, 1.54) is 23.0 Å². The number of rotatable bonds is 3. The van der Waals surface area contributed by atoms with Crippen molar-refractivity contribution in [2.75, 3.05) is 12.3 Å². The fourth-order valence-corrected chi connectivity index (χ4v) is 2.66. The molecule has 1 heterocycles. The van der Waals surface area contributed by atoms with Gasteiger partial charge in [0.25, 0.3) is 0 Å². The molecule has 0 atom stereocenters. The Balaban J connectivity index is 2.53. The minimum atomic E-state index is -0.607. The SMILES string of the molecule is CCOC(=O)c1ncn(-c2c(Cl)cc(Cl)cc2Cl)c1N. The van der Waals surface area contributed by atoms with Crippen LogP contribution in [0, 0.1) is 0 Å². The van der Waals surface area contributed by atoms with Crippen LogP contribution in [-0.4, -0.2) is 22.1 Å². The van der Waals surface area contributed by atoms with E-state index in [-0.39, 0.29) is 18.1 Å². The lowest BCUT2D eigenvalue weighted by molar-refractivity contribution is 0.0521. The smallest absolute Gasteiger partial charge is 0.360 e. The van der Waals surface area contributed by atoms with E-state index in [1.54, 1.807) is 6.92 Å². The van der Waals surface area contributed by atoms with E-state index in [0.29, 0.717) is 20.8 Å². The highest BCUT2D eigenvalue weighted by Gasteiger charge is 2.20. The van der Waals surface area contributed by atoms with Crippen LogP contribution < -0.4 is 5.73 Å². The number of carbonyl (C=O) groups is 1. The molecule has 1 aromatic carbocycles. The number of anilines is 1. The average molecular weight is 335 g/mol. The summed E-state index contributed by atoms with van der Waals surface area (Å²) in [5.74, 6) is -0.514. The predicted octanol–water partition coefficient (Wildman–Crippen LogP) is 3.59. The molecule has 0 saturated carbocycles. The third-order valence-corrected chi connectivity index (χ3v) is 3.29. The number of nitrogens with zero attached hydrogens (tertiary/aromatic N) is 2. The Bertz CT molecular complexity index is 647. The fraction of sp³-hybridized carbons (Fsp3) is 0.167. The first-order valence-corrected chi connectivity index (χ1v) is 6.74. The lowest BCUT2D eigenvalue weighted by atomic mass is 10.3. The van der Waals surface area contributed by atoms with E-state index in [9.17, 15) is 4.79 Å². The Kier molecular flexibility index (Phi) is 4.42. The molecule has 2 N–H and O–H groups in total. The van der Waals surface area contributed by atoms with Crippen molar-refractivity contribution in [1.82, 2.24) is 9.55 Å². The van der Waals surface area contributed by atoms with E-state index in [2.05, 4.69) is 4.98 Å². The largest absolute Gasteiger partial charge is 0.461 e. The molecular weight excluding hydrogens is 325 g/mol. The number of ether oxygens (including phenoxy) is 1. The Morgan fingerprint density at radius 3 is 2.50 bits per heavy atom. The summed E-state index contributed by atoms with van der Waals surface area (Å²) in [5.41, 5.74) is 6.30. The zero-order valence-corrected chi connectivity index (χ0v) is 12.6. The molecule has 5 nitrogen and oxygen atoms in total. The summed E-state index contributed by atoms with van der Waals surface area (Å²) in [5, 5.41) is 0.983. The number of nitrogen functional groups attached to an aromatic ring is 1. The fourth-order valence-electron chi connectivity index (χ4n) is 1.66. The molecule has 0 spiro atoms. The second kappa shape index (κ2) is 5.91. The van der Waals surface area contributed by atoms with Gasteiger partial charge in [-0.2, -0.15) is 0 Å². The van der Waals surface area contributed by atoms with Crippen LogP contribution in [0.3, 0.4) is 0 Å². The Morgan fingerprint density at radius 1 is 1.35 bits per heavy atom. The molecule has 0 amide bonds. The second-order valence-corrected chi connectivity index (χ2v) is 5.04. The van der Waals surface area contributed by atoms with Crippen LogP contribution in [0.2, 0.25) is 15.1 Å². The molecule has 0 radical (unpaired) electrons. The minimum Gasteiger partial charge on any atom is -0.461 e. The Morgan fingerprint density at radius 2 is 1.95 bits per heavy atom. The third-order valence-electron chi connectivity index (χ3n) is 2.50. The summed E-state index contributed by atoms with van der Waals surface area (Å²) >= 11 is 18.1. The highest BCUT2D eigenvalue weighted by molar-refractivity contribution is 6.40. The molecule has 0 unspecified atom stereocenters. The molecule has 2 aromatic rings. The van der Waals surface area contributed by atoms with E-state index in [1.807, 2.05) is 0 Å². The van der Waals surface area contributed by atoms with Crippen molar-refractivity contribution < 1.29 is 9.53 Å². The molecule has 0 saturated heterocycles. The normalized spacial score (nSPS) is 10.6. The third kappa shape index (κ3) is 2.70. The molecule has 0 fully saturated rings. The lowest BCUT2D eigenvalue weighted by Crippen LogP contribution is -2.09. The highest BCUT2D eigenvalue weighted by Crippen LogP contribution is 2.34. The van der Waals surface area contributed by atoms with Gasteiger partial charge in [-0.3, -0.25) is 4.57 Å². The quantitative estimate of drug-likeness (QED) is 0.871. The molecule has 0 aliphatic rings. The Labute approximate surface area is 130 Å². The standard InChI is InChI=1S/C12H10Cl3N3O2/c1-2-20-12(19)9-11(16)18(5-17-9)10-7(14)3-6(13)4-8(10)15/h3-5H,2,16H2,1H3. The van der Waals surface area contributed by atoms with E-state index in [4.69, 9.17) is 45.3 Å². The number of aromatic nitrogens is 2. The zero-order chi connectivity index (χ0) is 14.9. The number of carbonyl (C=O) groups excluding carboxylic acids is 1. The summed E-state index contributed by atoms with van der Waals surface area (Å²) in [7, 11) is 0. The van der Waals surface area contributed by atoms with Crippen LogP contribution in [0.4, 0.5) is 5.82 Å². The van der Waals surface area contributed by atoms with Crippen LogP contribution >= 0.6 is 34.8 Å². The number of hydrogen-bond donors (Lipinski definition) is 1. The molecule has 106 valence electrons. The summed E-state index contributed by atoms with van der Waals surface area (Å²) < 4.78 is 6.27. The monoisotopic (exact) mass is 333 g/mol. The summed E-state index contributed by atoms with van der Waals surface area (Å²) in [6.07, 6.45) is 1.35. The molecule has 1 aromatic heterocycles. The van der Waals surface area contributed by atoms with Crippen molar-refractivity contribution in [3.63, 3.8) is 0 Å². The molecule has 0 bridgehead atoms. The van der Waals surface area contributed by atoms with Crippen molar-refractivity contribution in [1.29, 1.82) is 0 Å². The topological polar surface area (TPSA) is 70.1 Å². The van der Waals surface area contributed by atoms with Gasteiger partial charge in [0.15, 0.2) is 5.69 Å². The summed E-state index contributed by atoms with van der Waals surface area (Å²) in [6.45, 7) is 1.92. The average Bonchev–Trinajstić information content (AvgIpc) is 2.71. The van der Waals surface area contributed by atoms with Crippen LogP contribution in [0.15, 0.2) is 18.5 Å². The number of nitrogens with two attached hydrogens (primary N) is 1. The zero-order valence-electron chi connectivity index (χ0n) is 10.4. The van der Waals surface area contributed by atoms with Crippen molar-refractivity contribution >= 4 is 46.6 Å². The van der Waals surface area contributed by atoms with E-state index in [0.717, 1.165) is 0 Å². The number of imidazole rings is 1. The molecular formula is C12H10Cl3N3O2. The van der Waals surface area contributed by atoms with Gasteiger partial charge in [0.1, 0.15) is 12.1 Å². The maximum absolute atomic E-state index is 11.7. The van der Waals surface area contributed by atoms with Gasteiger partial charge < -0.3 is 10.5 Å². The molecule has 20 heavy (non-hydrogen) atoms.